The number of fused-ring (bicyclic) bond motifs is 3. The summed E-state index contributed by atoms with van der Waals surface area (Å²) in [5.74, 6) is 0.348. The number of H-pyrrole nitrogens is 1. The van der Waals surface area contributed by atoms with Gasteiger partial charge in [-0.15, -0.1) is 10.2 Å². The summed E-state index contributed by atoms with van der Waals surface area (Å²) >= 11 is 0. The van der Waals surface area contributed by atoms with Gasteiger partial charge in [-0.2, -0.15) is 0 Å². The van der Waals surface area contributed by atoms with E-state index in [9.17, 15) is 14.4 Å². The number of benzene rings is 2. The fourth-order valence-electron chi connectivity index (χ4n) is 2.89. The van der Waals surface area contributed by atoms with Gasteiger partial charge in [0.15, 0.2) is 5.78 Å². The second kappa shape index (κ2) is 6.49. The molecule has 0 aliphatic heterocycles. The molecule has 0 unspecified atom stereocenters. The molecule has 0 spiro atoms. The Morgan fingerprint density at radius 2 is 1.81 bits per heavy atom. The molecule has 27 heavy (non-hydrogen) atoms. The number of hydrogen-bond acceptors (Lipinski definition) is 6. The number of aromatic amines is 1. The second-order valence-electron chi connectivity index (χ2n) is 5.91. The number of rotatable bonds is 4. The predicted octanol–water partition coefficient (Wildman–Crippen LogP) is 1.36. The van der Waals surface area contributed by atoms with Gasteiger partial charge in [0.2, 0.25) is 5.65 Å². The highest BCUT2D eigenvalue weighted by atomic mass is 16.5. The molecule has 2 aromatic carbocycles. The summed E-state index contributed by atoms with van der Waals surface area (Å²) in [6, 6.07) is 13.4. The van der Waals surface area contributed by atoms with Gasteiger partial charge in [0.1, 0.15) is 11.4 Å². The van der Waals surface area contributed by atoms with E-state index in [0.717, 1.165) is 0 Å². The van der Waals surface area contributed by atoms with Crippen LogP contribution in [0.25, 0.3) is 16.7 Å². The van der Waals surface area contributed by atoms with E-state index in [1.165, 1.54) is 11.5 Å². The first-order valence-corrected chi connectivity index (χ1v) is 8.15. The summed E-state index contributed by atoms with van der Waals surface area (Å²) in [5.41, 5.74) is 0.222. The lowest BCUT2D eigenvalue weighted by Gasteiger charge is -2.06. The first-order valence-electron chi connectivity index (χ1n) is 8.15. The molecule has 0 radical (unpaired) electrons. The summed E-state index contributed by atoms with van der Waals surface area (Å²) < 4.78 is 6.26. The third kappa shape index (κ3) is 2.86. The van der Waals surface area contributed by atoms with E-state index in [1.807, 2.05) is 0 Å². The maximum absolute atomic E-state index is 12.9. The van der Waals surface area contributed by atoms with Crippen LogP contribution in [0.5, 0.6) is 5.75 Å². The molecule has 0 bridgehead atoms. The minimum atomic E-state index is -0.538. The molecule has 0 atom stereocenters. The van der Waals surface area contributed by atoms with Crippen molar-refractivity contribution in [2.45, 2.75) is 6.42 Å². The fourth-order valence-corrected chi connectivity index (χ4v) is 2.89. The van der Waals surface area contributed by atoms with Gasteiger partial charge in [-0.1, -0.05) is 12.1 Å². The lowest BCUT2D eigenvalue weighted by atomic mass is 10.1. The van der Waals surface area contributed by atoms with Crippen molar-refractivity contribution in [3.05, 3.63) is 80.5 Å². The normalized spacial score (nSPS) is 11.0. The molecule has 0 amide bonds. The third-order valence-corrected chi connectivity index (χ3v) is 4.26. The van der Waals surface area contributed by atoms with Crippen molar-refractivity contribution in [2.24, 2.45) is 0 Å². The molecule has 2 heterocycles. The number of carbonyl (C=O) groups excluding carboxylic acids is 1. The average molecular weight is 362 g/mol. The van der Waals surface area contributed by atoms with Crippen molar-refractivity contribution in [2.75, 3.05) is 7.11 Å². The monoisotopic (exact) mass is 362 g/mol. The maximum atomic E-state index is 12.9. The summed E-state index contributed by atoms with van der Waals surface area (Å²) in [4.78, 5) is 40.2. The van der Waals surface area contributed by atoms with Crippen molar-refractivity contribution in [3.63, 3.8) is 0 Å². The van der Waals surface area contributed by atoms with Crippen LogP contribution < -0.4 is 15.9 Å². The van der Waals surface area contributed by atoms with Crippen molar-refractivity contribution in [3.8, 4) is 5.75 Å². The van der Waals surface area contributed by atoms with Crippen LogP contribution in [-0.2, 0) is 6.42 Å². The zero-order valence-electron chi connectivity index (χ0n) is 14.3. The van der Waals surface area contributed by atoms with E-state index in [0.29, 0.717) is 22.3 Å². The molecule has 134 valence electrons. The molecule has 8 nitrogen and oxygen atoms in total. The van der Waals surface area contributed by atoms with Gasteiger partial charge in [0, 0.05) is 5.56 Å². The summed E-state index contributed by atoms with van der Waals surface area (Å²) in [7, 11) is 1.54. The highest BCUT2D eigenvalue weighted by Gasteiger charge is 2.16. The van der Waals surface area contributed by atoms with E-state index in [-0.39, 0.29) is 23.5 Å². The molecule has 0 aliphatic carbocycles. The van der Waals surface area contributed by atoms with Gasteiger partial charge in [-0.25, -0.2) is 0 Å². The molecule has 0 aliphatic rings. The summed E-state index contributed by atoms with van der Waals surface area (Å²) in [6.45, 7) is 0. The van der Waals surface area contributed by atoms with E-state index in [4.69, 9.17) is 4.74 Å². The van der Waals surface area contributed by atoms with E-state index in [2.05, 4.69) is 15.2 Å². The maximum Gasteiger partial charge on any atom is 0.294 e. The quantitative estimate of drug-likeness (QED) is 0.434. The second-order valence-corrected chi connectivity index (χ2v) is 5.91. The largest absolute Gasteiger partial charge is 0.497 e. The Morgan fingerprint density at radius 3 is 2.56 bits per heavy atom. The molecule has 0 fully saturated rings. The number of methoxy groups -OCH3 is 1. The third-order valence-electron chi connectivity index (χ3n) is 4.26. The Kier molecular flexibility index (Phi) is 4.00. The van der Waals surface area contributed by atoms with Crippen LogP contribution in [0.4, 0.5) is 0 Å². The minimum absolute atomic E-state index is 0.0240. The lowest BCUT2D eigenvalue weighted by molar-refractivity contribution is 0.0991. The number of para-hydroxylation sites is 2. The molecular weight excluding hydrogens is 348 g/mol. The minimum Gasteiger partial charge on any atom is -0.497 e. The zero-order valence-corrected chi connectivity index (χ0v) is 14.3. The Balaban J connectivity index is 1.81. The topological polar surface area (TPSA) is 106 Å². The van der Waals surface area contributed by atoms with Crippen LogP contribution in [0.1, 0.15) is 16.1 Å². The molecule has 0 saturated heterocycles. The van der Waals surface area contributed by atoms with Crippen molar-refractivity contribution < 1.29 is 9.53 Å². The van der Waals surface area contributed by atoms with Crippen molar-refractivity contribution in [1.82, 2.24) is 19.6 Å². The smallest absolute Gasteiger partial charge is 0.294 e. The molecule has 2 aromatic heterocycles. The highest BCUT2D eigenvalue weighted by molar-refractivity contribution is 5.97. The fraction of sp³-hybridized carbons (Fsp3) is 0.105. The Hall–Kier alpha value is -3.81. The van der Waals surface area contributed by atoms with Gasteiger partial charge < -0.3 is 9.72 Å². The molecule has 0 saturated carbocycles. The van der Waals surface area contributed by atoms with Gasteiger partial charge in [-0.05, 0) is 36.4 Å². The highest BCUT2D eigenvalue weighted by Crippen LogP contribution is 2.13. The number of Topliss-reactive ketones (excluding diaryl/α,β-unsaturated/α-hetero) is 1. The van der Waals surface area contributed by atoms with Gasteiger partial charge in [0.25, 0.3) is 11.1 Å². The predicted molar refractivity (Wildman–Crippen MR) is 98.4 cm³/mol. The number of aromatic nitrogens is 4. The zero-order chi connectivity index (χ0) is 19.0. The molecule has 1 N–H and O–H groups in total. The first-order chi connectivity index (χ1) is 13.1. The van der Waals surface area contributed by atoms with Crippen LogP contribution in [0.15, 0.2) is 58.1 Å². The molecular formula is C19H14N4O4. The SMILES string of the molecule is COc1ccc(C(=O)Cc2nnc3c(=O)[nH]c4ccccc4n3c2=O)cc1. The van der Waals surface area contributed by atoms with Crippen LogP contribution in [-0.4, -0.2) is 32.5 Å². The standard InChI is InChI=1S/C19H14N4O4/c1-27-12-8-6-11(7-9-12)16(24)10-14-19(26)23-15-5-3-2-4-13(15)20-18(25)17(23)22-21-14/h2-9H,10H2,1H3,(H,20,25). The van der Waals surface area contributed by atoms with Crippen molar-refractivity contribution in [1.29, 1.82) is 0 Å². The van der Waals surface area contributed by atoms with Crippen molar-refractivity contribution >= 4 is 22.5 Å². The van der Waals surface area contributed by atoms with Gasteiger partial charge >= 0.3 is 0 Å². The number of nitrogens with one attached hydrogen (secondary N) is 1. The summed E-state index contributed by atoms with van der Waals surface area (Å²) in [5, 5.41) is 7.69. The van der Waals surface area contributed by atoms with Gasteiger partial charge in [0.05, 0.1) is 24.6 Å². The Morgan fingerprint density at radius 1 is 1.07 bits per heavy atom. The number of nitrogens with zero attached hydrogens (tertiary/aromatic N) is 3. The van der Waals surface area contributed by atoms with E-state index >= 15 is 0 Å². The van der Waals surface area contributed by atoms with E-state index in [1.54, 1.807) is 48.5 Å². The first kappa shape index (κ1) is 16.6. The molecule has 8 heteroatoms. The molecule has 4 rings (SSSR count). The Bertz CT molecular complexity index is 1290. The number of ether oxygens (including phenoxy) is 1. The van der Waals surface area contributed by atoms with Crippen LogP contribution in [0.2, 0.25) is 0 Å². The van der Waals surface area contributed by atoms with Crippen LogP contribution >= 0.6 is 0 Å². The number of carbonyl (C=O) groups is 1. The Labute approximate surface area is 152 Å². The molecule has 4 aromatic rings. The van der Waals surface area contributed by atoms with E-state index < -0.39 is 11.1 Å². The number of hydrogen-bond donors (Lipinski definition) is 1. The van der Waals surface area contributed by atoms with Crippen LogP contribution in [0.3, 0.4) is 0 Å². The number of ketones is 1. The average Bonchev–Trinajstić information content (AvgIpc) is 2.70. The summed E-state index contributed by atoms with van der Waals surface area (Å²) in [6.07, 6.45) is -0.220. The van der Waals surface area contributed by atoms with Crippen LogP contribution in [0, 0.1) is 0 Å². The lowest BCUT2D eigenvalue weighted by Crippen LogP contribution is -2.28. The van der Waals surface area contributed by atoms with Gasteiger partial charge in [-0.3, -0.25) is 18.8 Å².